The topological polar surface area (TPSA) is 84.9 Å². The van der Waals surface area contributed by atoms with Gasteiger partial charge in [-0.1, -0.05) is 23.2 Å². The van der Waals surface area contributed by atoms with E-state index in [1.165, 1.54) is 31.4 Å². The lowest BCUT2D eigenvalue weighted by atomic mass is 10.1. The van der Waals surface area contributed by atoms with E-state index in [0.29, 0.717) is 23.7 Å². The van der Waals surface area contributed by atoms with Gasteiger partial charge in [0.25, 0.3) is 11.8 Å². The standard InChI is InChI=1S/C20H15Cl2IN2O5/c1-3-30-17-15(23)7-10(8-16(17)29-2)6-12-18(26)24-20(28)25(19(12)27)11-4-5-13(21)14(22)9-11/h4-9H,3H2,1-2H3,(H,24,26,28)/b12-6+. The van der Waals surface area contributed by atoms with Gasteiger partial charge < -0.3 is 9.47 Å². The van der Waals surface area contributed by atoms with Crippen molar-refractivity contribution in [2.75, 3.05) is 18.6 Å². The number of nitrogens with zero attached hydrogens (tertiary/aromatic N) is 1. The Morgan fingerprint density at radius 1 is 1.13 bits per heavy atom. The smallest absolute Gasteiger partial charge is 0.335 e. The number of hydrogen-bond donors (Lipinski definition) is 1. The summed E-state index contributed by atoms with van der Waals surface area (Å²) in [6, 6.07) is 6.79. The highest BCUT2D eigenvalue weighted by Crippen LogP contribution is 2.35. The first-order chi connectivity index (χ1) is 14.3. The number of urea groups is 1. The second-order valence-electron chi connectivity index (χ2n) is 6.02. The predicted molar refractivity (Wildman–Crippen MR) is 122 cm³/mol. The number of rotatable bonds is 5. The molecular formula is C20H15Cl2IN2O5. The van der Waals surface area contributed by atoms with Crippen LogP contribution in [-0.2, 0) is 9.59 Å². The van der Waals surface area contributed by atoms with E-state index in [1.54, 1.807) is 12.1 Å². The zero-order valence-corrected chi connectivity index (χ0v) is 19.5. The van der Waals surface area contributed by atoms with Crippen molar-refractivity contribution in [2.45, 2.75) is 6.92 Å². The maximum absolute atomic E-state index is 13.0. The SMILES string of the molecule is CCOc1c(I)cc(/C=C2\C(=O)NC(=O)N(c3ccc(Cl)c(Cl)c3)C2=O)cc1OC. The molecule has 0 atom stereocenters. The van der Waals surface area contributed by atoms with Gasteiger partial charge in [0, 0.05) is 0 Å². The van der Waals surface area contributed by atoms with E-state index < -0.39 is 17.8 Å². The number of imide groups is 2. The molecule has 2 aromatic carbocycles. The van der Waals surface area contributed by atoms with Crippen molar-refractivity contribution in [1.82, 2.24) is 5.32 Å². The summed E-state index contributed by atoms with van der Waals surface area (Å²) in [7, 11) is 1.49. The summed E-state index contributed by atoms with van der Waals surface area (Å²) in [4.78, 5) is 38.5. The van der Waals surface area contributed by atoms with Crippen molar-refractivity contribution in [2.24, 2.45) is 0 Å². The molecule has 0 unspecified atom stereocenters. The van der Waals surface area contributed by atoms with Gasteiger partial charge >= 0.3 is 6.03 Å². The molecule has 30 heavy (non-hydrogen) atoms. The first-order valence-corrected chi connectivity index (χ1v) is 10.5. The molecule has 1 aliphatic heterocycles. The molecule has 7 nitrogen and oxygen atoms in total. The van der Waals surface area contributed by atoms with Gasteiger partial charge in [-0.3, -0.25) is 14.9 Å². The van der Waals surface area contributed by atoms with Crippen molar-refractivity contribution >= 4 is 75.4 Å². The number of carbonyl (C=O) groups excluding carboxylic acids is 3. The van der Waals surface area contributed by atoms with Gasteiger partial charge in [-0.2, -0.15) is 0 Å². The zero-order chi connectivity index (χ0) is 22.0. The Bertz CT molecular complexity index is 1090. The molecule has 1 aliphatic rings. The maximum atomic E-state index is 13.0. The molecular weight excluding hydrogens is 546 g/mol. The molecule has 0 bridgehead atoms. The summed E-state index contributed by atoms with van der Waals surface area (Å²) >= 11 is 14.0. The zero-order valence-electron chi connectivity index (χ0n) is 15.8. The number of benzene rings is 2. The molecule has 0 saturated carbocycles. The minimum Gasteiger partial charge on any atom is -0.493 e. The third-order valence-corrected chi connectivity index (χ3v) is 5.65. The molecule has 0 radical (unpaired) electrons. The molecule has 0 aliphatic carbocycles. The average Bonchev–Trinajstić information content (AvgIpc) is 2.69. The van der Waals surface area contributed by atoms with Crippen molar-refractivity contribution in [3.8, 4) is 11.5 Å². The Kier molecular flexibility index (Phi) is 6.89. The summed E-state index contributed by atoms with van der Waals surface area (Å²) in [6.07, 6.45) is 1.38. The number of amides is 4. The summed E-state index contributed by atoms with van der Waals surface area (Å²) in [5, 5.41) is 2.60. The Morgan fingerprint density at radius 2 is 1.87 bits per heavy atom. The van der Waals surface area contributed by atoms with E-state index in [2.05, 4.69) is 27.9 Å². The molecule has 4 amide bonds. The van der Waals surface area contributed by atoms with Crippen molar-refractivity contribution in [3.05, 3.63) is 55.1 Å². The second kappa shape index (κ2) is 9.23. The highest BCUT2D eigenvalue weighted by atomic mass is 127. The molecule has 1 heterocycles. The summed E-state index contributed by atoms with van der Waals surface area (Å²) < 4.78 is 11.7. The molecule has 1 saturated heterocycles. The van der Waals surface area contributed by atoms with Gasteiger partial charge in [0.05, 0.1) is 33.0 Å². The van der Waals surface area contributed by atoms with E-state index in [9.17, 15) is 14.4 Å². The maximum Gasteiger partial charge on any atom is 0.335 e. The number of halogens is 3. The van der Waals surface area contributed by atoms with Crippen LogP contribution in [0.4, 0.5) is 10.5 Å². The largest absolute Gasteiger partial charge is 0.493 e. The second-order valence-corrected chi connectivity index (χ2v) is 8.00. The van der Waals surface area contributed by atoms with Crippen LogP contribution in [0.3, 0.4) is 0 Å². The van der Waals surface area contributed by atoms with Crippen LogP contribution >= 0.6 is 45.8 Å². The van der Waals surface area contributed by atoms with Crippen LogP contribution in [0, 0.1) is 3.57 Å². The highest BCUT2D eigenvalue weighted by Gasteiger charge is 2.37. The van der Waals surface area contributed by atoms with Crippen LogP contribution < -0.4 is 19.7 Å². The van der Waals surface area contributed by atoms with Gasteiger partial charge in [-0.25, -0.2) is 9.69 Å². The fourth-order valence-electron chi connectivity index (χ4n) is 2.79. The van der Waals surface area contributed by atoms with Crippen LogP contribution in [0.15, 0.2) is 35.9 Å². The van der Waals surface area contributed by atoms with Crippen LogP contribution in [0.2, 0.25) is 10.0 Å². The number of carbonyl (C=O) groups is 3. The fraction of sp³-hybridized carbons (Fsp3) is 0.150. The normalized spacial score (nSPS) is 15.4. The summed E-state index contributed by atoms with van der Waals surface area (Å²) in [5.74, 6) is -0.569. The van der Waals surface area contributed by atoms with Gasteiger partial charge in [0.15, 0.2) is 11.5 Å². The number of ether oxygens (including phenoxy) is 2. The lowest BCUT2D eigenvalue weighted by Crippen LogP contribution is -2.54. The van der Waals surface area contributed by atoms with E-state index in [0.717, 1.165) is 8.47 Å². The first kappa shape index (κ1) is 22.4. The Labute approximate surface area is 196 Å². The van der Waals surface area contributed by atoms with E-state index in [-0.39, 0.29) is 21.3 Å². The predicted octanol–water partition coefficient (Wildman–Crippen LogP) is 4.67. The monoisotopic (exact) mass is 560 g/mol. The molecule has 10 heteroatoms. The third-order valence-electron chi connectivity index (χ3n) is 4.11. The van der Waals surface area contributed by atoms with Gasteiger partial charge in [0.1, 0.15) is 5.57 Å². The summed E-state index contributed by atoms with van der Waals surface area (Å²) in [6.45, 7) is 2.31. The van der Waals surface area contributed by atoms with Crippen LogP contribution in [0.1, 0.15) is 12.5 Å². The minimum atomic E-state index is -0.876. The molecule has 1 fully saturated rings. The number of anilines is 1. The number of barbiturate groups is 1. The minimum absolute atomic E-state index is 0.169. The molecule has 0 spiro atoms. The van der Waals surface area contributed by atoms with Crippen molar-refractivity contribution in [3.63, 3.8) is 0 Å². The molecule has 3 rings (SSSR count). The molecule has 1 N–H and O–H groups in total. The van der Waals surface area contributed by atoms with E-state index in [1.807, 2.05) is 6.92 Å². The Morgan fingerprint density at radius 3 is 2.50 bits per heavy atom. The number of hydrogen-bond acceptors (Lipinski definition) is 5. The summed E-state index contributed by atoms with van der Waals surface area (Å²) in [5.41, 5.74) is 0.494. The quantitative estimate of drug-likeness (QED) is 0.326. The number of methoxy groups -OCH3 is 1. The molecule has 0 aromatic heterocycles. The Hall–Kier alpha value is -2.30. The third kappa shape index (κ3) is 4.40. The van der Waals surface area contributed by atoms with Gasteiger partial charge in [-0.05, 0) is 71.5 Å². The fourth-order valence-corrected chi connectivity index (χ4v) is 3.86. The average molecular weight is 561 g/mol. The van der Waals surface area contributed by atoms with Gasteiger partial charge in [-0.15, -0.1) is 0 Å². The Balaban J connectivity index is 2.04. The van der Waals surface area contributed by atoms with Crippen molar-refractivity contribution < 1.29 is 23.9 Å². The lowest BCUT2D eigenvalue weighted by Gasteiger charge is -2.26. The lowest BCUT2D eigenvalue weighted by molar-refractivity contribution is -0.122. The van der Waals surface area contributed by atoms with Crippen LogP contribution in [-0.4, -0.2) is 31.6 Å². The number of nitrogens with one attached hydrogen (secondary N) is 1. The highest BCUT2D eigenvalue weighted by molar-refractivity contribution is 14.1. The van der Waals surface area contributed by atoms with Crippen LogP contribution in [0.25, 0.3) is 6.08 Å². The van der Waals surface area contributed by atoms with E-state index in [4.69, 9.17) is 32.7 Å². The van der Waals surface area contributed by atoms with E-state index >= 15 is 0 Å². The van der Waals surface area contributed by atoms with Crippen LogP contribution in [0.5, 0.6) is 11.5 Å². The first-order valence-electron chi connectivity index (χ1n) is 8.63. The van der Waals surface area contributed by atoms with Gasteiger partial charge in [0.2, 0.25) is 0 Å². The molecule has 156 valence electrons. The van der Waals surface area contributed by atoms with Crippen molar-refractivity contribution in [1.29, 1.82) is 0 Å². The molecule has 2 aromatic rings.